The predicted molar refractivity (Wildman–Crippen MR) is 96.4 cm³/mol. The molecule has 2 rings (SSSR count). The molecule has 2 aliphatic carbocycles. The van der Waals surface area contributed by atoms with Gasteiger partial charge in [-0.15, -0.1) is 0 Å². The number of hydrogen-bond donors (Lipinski definition) is 2. The molecule has 5 unspecified atom stereocenters. The summed E-state index contributed by atoms with van der Waals surface area (Å²) >= 11 is 0. The van der Waals surface area contributed by atoms with Crippen LogP contribution in [0.5, 0.6) is 0 Å². The number of phosphoric acid groups is 1. The first kappa shape index (κ1) is 22.3. The van der Waals surface area contributed by atoms with Crippen molar-refractivity contribution >= 4 is 19.8 Å². The molecule has 0 spiro atoms. The Hall–Kier alpha value is -0.950. The molecule has 2 fully saturated rings. The monoisotopic (exact) mass is 406 g/mol. The van der Waals surface area contributed by atoms with E-state index in [1.54, 1.807) is 0 Å². The Labute approximate surface area is 160 Å². The first-order chi connectivity index (χ1) is 12.7. The molecule has 27 heavy (non-hydrogen) atoms. The second-order valence-corrected chi connectivity index (χ2v) is 8.98. The van der Waals surface area contributed by atoms with Gasteiger partial charge in [-0.2, -0.15) is 0 Å². The molecule has 0 heterocycles. The summed E-state index contributed by atoms with van der Waals surface area (Å²) < 4.78 is 25.1. The van der Waals surface area contributed by atoms with E-state index < -0.39 is 7.82 Å². The van der Waals surface area contributed by atoms with Crippen molar-refractivity contribution in [2.24, 2.45) is 29.6 Å². The van der Waals surface area contributed by atoms with Crippen LogP contribution in [-0.2, 0) is 28.2 Å². The van der Waals surface area contributed by atoms with Crippen LogP contribution in [0.15, 0.2) is 0 Å². The van der Waals surface area contributed by atoms with E-state index >= 15 is 0 Å². The average Bonchev–Trinajstić information content (AvgIpc) is 3.14. The summed E-state index contributed by atoms with van der Waals surface area (Å²) in [5.41, 5.74) is 0. The van der Waals surface area contributed by atoms with Crippen molar-refractivity contribution < 1.29 is 37.9 Å². The Bertz CT molecular complexity index is 558. The molecule has 2 aliphatic rings. The third kappa shape index (κ3) is 6.86. The van der Waals surface area contributed by atoms with Gasteiger partial charge in [0.2, 0.25) is 0 Å². The van der Waals surface area contributed by atoms with Gasteiger partial charge in [0.25, 0.3) is 0 Å². The number of phosphoric ester groups is 1. The molecule has 0 aromatic rings. The van der Waals surface area contributed by atoms with Gasteiger partial charge in [-0.25, -0.2) is 4.57 Å². The van der Waals surface area contributed by atoms with Crippen molar-refractivity contribution in [2.75, 3.05) is 19.8 Å². The van der Waals surface area contributed by atoms with Gasteiger partial charge in [0.05, 0.1) is 12.5 Å². The van der Waals surface area contributed by atoms with Gasteiger partial charge in [-0.1, -0.05) is 20.3 Å². The lowest BCUT2D eigenvalue weighted by molar-refractivity contribution is -0.157. The van der Waals surface area contributed by atoms with E-state index in [1.165, 1.54) is 0 Å². The van der Waals surface area contributed by atoms with Crippen LogP contribution >= 0.6 is 7.82 Å². The van der Waals surface area contributed by atoms with Crippen LogP contribution in [0.2, 0.25) is 0 Å². The maximum Gasteiger partial charge on any atom is 0.469 e. The second-order valence-electron chi connectivity index (χ2n) is 7.74. The van der Waals surface area contributed by atoms with Gasteiger partial charge in [0.1, 0.15) is 13.2 Å². The van der Waals surface area contributed by atoms with Crippen LogP contribution in [-0.4, -0.2) is 41.5 Å². The molecule has 9 heteroatoms. The minimum absolute atomic E-state index is 0.00716. The molecular weight excluding hydrogens is 375 g/mol. The Morgan fingerprint density at radius 2 is 1.67 bits per heavy atom. The third-order valence-corrected chi connectivity index (χ3v) is 6.59. The molecule has 0 aromatic carbocycles. The molecule has 0 radical (unpaired) electrons. The van der Waals surface area contributed by atoms with Crippen molar-refractivity contribution in [3.63, 3.8) is 0 Å². The summed E-state index contributed by atoms with van der Waals surface area (Å²) in [7, 11) is -4.41. The molecule has 0 aromatic heterocycles. The molecule has 2 bridgehead atoms. The minimum atomic E-state index is -4.41. The normalized spacial score (nSPS) is 29.7. The van der Waals surface area contributed by atoms with Crippen LogP contribution in [0.25, 0.3) is 0 Å². The first-order valence-corrected chi connectivity index (χ1v) is 11.2. The van der Waals surface area contributed by atoms with Gasteiger partial charge in [-0.05, 0) is 49.4 Å². The minimum Gasteiger partial charge on any atom is -0.462 e. The van der Waals surface area contributed by atoms with Gasteiger partial charge in [0.15, 0.2) is 0 Å². The summed E-state index contributed by atoms with van der Waals surface area (Å²) in [5, 5.41) is 0. The van der Waals surface area contributed by atoms with E-state index in [9.17, 15) is 14.2 Å². The fraction of sp³-hybridized carbons (Fsp3) is 0.889. The van der Waals surface area contributed by atoms with Crippen LogP contribution in [0, 0.1) is 29.6 Å². The van der Waals surface area contributed by atoms with E-state index in [-0.39, 0.29) is 44.1 Å². The standard InChI is InChI=1S/C18H31O8P/c1-12-13(2)15-10-14(12)11-16(15)18(20)25-9-8-24-17(19)6-4-3-5-7-26-27(21,22)23/h12-16H,3-11H2,1-2H3,(H2,21,22,23). The maximum atomic E-state index is 12.2. The van der Waals surface area contributed by atoms with E-state index in [4.69, 9.17) is 19.3 Å². The fourth-order valence-electron chi connectivity index (χ4n) is 4.42. The average molecular weight is 406 g/mol. The quantitative estimate of drug-likeness (QED) is 0.305. The Balaban J connectivity index is 1.49. The fourth-order valence-corrected chi connectivity index (χ4v) is 4.79. The highest BCUT2D eigenvalue weighted by Gasteiger charge is 2.51. The molecule has 8 nitrogen and oxygen atoms in total. The van der Waals surface area contributed by atoms with E-state index in [1.807, 2.05) is 0 Å². The van der Waals surface area contributed by atoms with E-state index in [0.717, 1.165) is 12.8 Å². The van der Waals surface area contributed by atoms with Gasteiger partial charge in [0, 0.05) is 6.42 Å². The van der Waals surface area contributed by atoms with Crippen molar-refractivity contribution in [1.82, 2.24) is 0 Å². The summed E-state index contributed by atoms with van der Waals surface area (Å²) in [4.78, 5) is 40.9. The Morgan fingerprint density at radius 1 is 0.963 bits per heavy atom. The maximum absolute atomic E-state index is 12.2. The van der Waals surface area contributed by atoms with Crippen LogP contribution in [0.3, 0.4) is 0 Å². The van der Waals surface area contributed by atoms with Crippen LogP contribution in [0.4, 0.5) is 0 Å². The first-order valence-electron chi connectivity index (χ1n) is 9.71. The number of unbranched alkanes of at least 4 members (excludes halogenated alkanes) is 2. The zero-order chi connectivity index (χ0) is 20.0. The smallest absolute Gasteiger partial charge is 0.462 e. The summed E-state index contributed by atoms with van der Waals surface area (Å²) in [6.07, 6.45) is 3.86. The third-order valence-electron chi connectivity index (χ3n) is 6.07. The topological polar surface area (TPSA) is 119 Å². The van der Waals surface area contributed by atoms with Crippen molar-refractivity contribution in [1.29, 1.82) is 0 Å². The van der Waals surface area contributed by atoms with Crippen molar-refractivity contribution in [2.45, 2.75) is 52.4 Å². The number of rotatable bonds is 11. The Kier molecular flexibility index (Phi) is 8.28. The highest BCUT2D eigenvalue weighted by Crippen LogP contribution is 2.55. The number of hydrogen-bond acceptors (Lipinski definition) is 6. The number of esters is 2. The van der Waals surface area contributed by atoms with Crippen LogP contribution < -0.4 is 0 Å². The summed E-state index contributed by atoms with van der Waals surface area (Å²) in [6.45, 7) is 4.57. The predicted octanol–water partition coefficient (Wildman–Crippen LogP) is 2.67. The number of carbonyl (C=O) groups excluding carboxylic acids is 2. The summed E-state index contributed by atoms with van der Waals surface area (Å²) in [6, 6.07) is 0. The van der Waals surface area contributed by atoms with Crippen LogP contribution in [0.1, 0.15) is 52.4 Å². The van der Waals surface area contributed by atoms with Crippen molar-refractivity contribution in [3.8, 4) is 0 Å². The molecule has 156 valence electrons. The van der Waals surface area contributed by atoms with Gasteiger partial charge < -0.3 is 19.3 Å². The Morgan fingerprint density at radius 3 is 2.30 bits per heavy atom. The number of fused-ring (bicyclic) bond motifs is 2. The SMILES string of the molecule is CC1C2CC(C(=O)OCCOC(=O)CCCCCOP(=O)(O)O)C(C2)C1C. The molecule has 5 atom stereocenters. The molecular formula is C18H31O8P. The van der Waals surface area contributed by atoms with E-state index in [2.05, 4.69) is 18.4 Å². The molecule has 2 saturated carbocycles. The zero-order valence-corrected chi connectivity index (χ0v) is 16.9. The largest absolute Gasteiger partial charge is 0.469 e. The molecule has 0 amide bonds. The lowest BCUT2D eigenvalue weighted by Crippen LogP contribution is -2.31. The van der Waals surface area contributed by atoms with E-state index in [0.29, 0.717) is 42.9 Å². The second kappa shape index (κ2) is 10.0. The lowest BCUT2D eigenvalue weighted by atomic mass is 9.76. The van der Waals surface area contributed by atoms with Gasteiger partial charge >= 0.3 is 19.8 Å². The van der Waals surface area contributed by atoms with Gasteiger partial charge in [-0.3, -0.25) is 14.1 Å². The zero-order valence-electron chi connectivity index (χ0n) is 16.0. The number of ether oxygens (including phenoxy) is 2. The molecule has 2 N–H and O–H groups in total. The number of carbonyl (C=O) groups is 2. The highest BCUT2D eigenvalue weighted by atomic mass is 31.2. The lowest BCUT2D eigenvalue weighted by Gasteiger charge is -2.30. The highest BCUT2D eigenvalue weighted by molar-refractivity contribution is 7.46. The van der Waals surface area contributed by atoms with Crippen molar-refractivity contribution in [3.05, 3.63) is 0 Å². The molecule has 0 aliphatic heterocycles. The molecule has 0 saturated heterocycles. The summed E-state index contributed by atoms with van der Waals surface area (Å²) in [5.74, 6) is 1.76.